The molecule has 1 fully saturated rings. The Hall–Kier alpha value is -0.200. The highest BCUT2D eigenvalue weighted by atomic mass is 15.9. The normalized spacial score (nSPS) is 24.8. The number of nitrogens with one attached hydrogen (secondary N) is 3. The van der Waals surface area contributed by atoms with Gasteiger partial charge in [-0.15, -0.1) is 5.23 Å². The maximum Gasteiger partial charge on any atom is 0.0130 e. The third-order valence-electron chi connectivity index (χ3n) is 1.71. The Labute approximate surface area is 67.2 Å². The van der Waals surface area contributed by atoms with Crippen molar-refractivity contribution < 1.29 is 0 Å². The fourth-order valence-corrected chi connectivity index (χ4v) is 1.07. The molecule has 0 atom stereocenters. The van der Waals surface area contributed by atoms with Crippen LogP contribution in [-0.4, -0.2) is 18.3 Å². The zero-order valence-corrected chi connectivity index (χ0v) is 6.77. The van der Waals surface area contributed by atoms with Gasteiger partial charge in [-0.3, -0.25) is 0 Å². The van der Waals surface area contributed by atoms with Crippen LogP contribution in [0.2, 0.25) is 0 Å². The summed E-state index contributed by atoms with van der Waals surface area (Å²) >= 11 is 0. The van der Waals surface area contributed by atoms with Crippen LogP contribution in [0.3, 0.4) is 0 Å². The number of nitrogens with two attached hydrogens (primary N) is 1. The fraction of sp³-hybridized carbons (Fsp3) is 1.00. The van der Waals surface area contributed by atoms with Crippen molar-refractivity contribution in [3.63, 3.8) is 0 Å². The van der Waals surface area contributed by atoms with Gasteiger partial charge in [0.2, 0.25) is 0 Å². The van der Waals surface area contributed by atoms with E-state index in [1.54, 1.807) is 0 Å². The molecule has 0 saturated carbocycles. The monoisotopic (exact) mass is 159 g/mol. The van der Waals surface area contributed by atoms with Crippen molar-refractivity contribution in [2.45, 2.75) is 25.7 Å². The number of rotatable bonds is 0. The first-order valence-electron chi connectivity index (χ1n) is 4.16. The molecule has 0 aromatic carbocycles. The first kappa shape index (κ1) is 8.89. The van der Waals surface area contributed by atoms with Crippen molar-refractivity contribution in [1.29, 1.82) is 0 Å². The van der Waals surface area contributed by atoms with Crippen LogP contribution < -0.4 is 22.2 Å². The van der Waals surface area contributed by atoms with Gasteiger partial charge in [-0.2, -0.15) is 5.53 Å². The summed E-state index contributed by atoms with van der Waals surface area (Å²) in [7, 11) is 0. The lowest BCUT2D eigenvalue weighted by molar-refractivity contribution is 0.0824. The molecule has 0 aromatic heterocycles. The molecule has 5 N–H and O–H groups in total. The molecule has 66 valence electrons. The van der Waals surface area contributed by atoms with Crippen molar-refractivity contribution in [3.8, 4) is 0 Å². The van der Waals surface area contributed by atoms with E-state index in [0.717, 1.165) is 13.1 Å². The third-order valence-corrected chi connectivity index (χ3v) is 1.71. The minimum Gasteiger partial charge on any atom is -0.242 e. The molecule has 0 amide bonds. The van der Waals surface area contributed by atoms with Crippen LogP contribution in [0.15, 0.2) is 0 Å². The van der Waals surface area contributed by atoms with E-state index in [9.17, 15) is 0 Å². The molecule has 0 bridgehead atoms. The Morgan fingerprint density at radius 3 is 2.55 bits per heavy atom. The zero-order valence-electron chi connectivity index (χ0n) is 6.77. The summed E-state index contributed by atoms with van der Waals surface area (Å²) in [4.78, 5) is 0. The van der Waals surface area contributed by atoms with E-state index in [-0.39, 0.29) is 0 Å². The predicted octanol–water partition coefficient (Wildman–Crippen LogP) is -0.750. The lowest BCUT2D eigenvalue weighted by Gasteiger charge is -2.20. The predicted molar refractivity (Wildman–Crippen MR) is 43.6 cm³/mol. The molecule has 5 nitrogen and oxygen atoms in total. The SMILES string of the molecule is NN1NCCCCCCNN1. The summed E-state index contributed by atoms with van der Waals surface area (Å²) < 4.78 is 0. The minimum atomic E-state index is 0.936. The van der Waals surface area contributed by atoms with Gasteiger partial charge in [-0.25, -0.2) is 16.7 Å². The van der Waals surface area contributed by atoms with Crippen molar-refractivity contribution in [1.82, 2.24) is 21.6 Å². The molecule has 0 spiro atoms. The summed E-state index contributed by atoms with van der Waals surface area (Å²) in [5, 5.41) is 1.37. The molecule has 1 aliphatic heterocycles. The van der Waals surface area contributed by atoms with Crippen LogP contribution >= 0.6 is 0 Å². The van der Waals surface area contributed by atoms with Gasteiger partial charge >= 0.3 is 0 Å². The Balaban J connectivity index is 2.12. The highest BCUT2D eigenvalue weighted by molar-refractivity contribution is 4.48. The summed E-state index contributed by atoms with van der Waals surface area (Å²) in [5.41, 5.74) is 8.79. The molecule has 1 rings (SSSR count). The quantitative estimate of drug-likeness (QED) is 0.350. The van der Waals surface area contributed by atoms with E-state index in [1.807, 2.05) is 0 Å². The van der Waals surface area contributed by atoms with Crippen LogP contribution in [0.1, 0.15) is 25.7 Å². The second-order valence-corrected chi connectivity index (χ2v) is 2.73. The molecule has 11 heavy (non-hydrogen) atoms. The minimum absolute atomic E-state index is 0.936. The molecule has 0 aliphatic carbocycles. The molecule has 0 radical (unpaired) electrons. The Kier molecular flexibility index (Phi) is 4.41. The van der Waals surface area contributed by atoms with Crippen molar-refractivity contribution in [3.05, 3.63) is 0 Å². The Morgan fingerprint density at radius 2 is 1.73 bits per heavy atom. The maximum absolute atomic E-state index is 5.47. The molecular weight excluding hydrogens is 142 g/mol. The first-order chi connectivity index (χ1) is 5.39. The van der Waals surface area contributed by atoms with Crippen LogP contribution in [0.25, 0.3) is 0 Å². The number of hydrogen-bond donors (Lipinski definition) is 4. The first-order valence-corrected chi connectivity index (χ1v) is 4.16. The van der Waals surface area contributed by atoms with Crippen LogP contribution in [0.5, 0.6) is 0 Å². The average Bonchev–Trinajstić information content (AvgIpc) is 2.03. The fourth-order valence-electron chi connectivity index (χ4n) is 1.07. The van der Waals surface area contributed by atoms with Crippen LogP contribution in [0.4, 0.5) is 0 Å². The summed E-state index contributed by atoms with van der Waals surface area (Å²) in [6, 6.07) is 0. The summed E-state index contributed by atoms with van der Waals surface area (Å²) in [6.45, 7) is 1.90. The van der Waals surface area contributed by atoms with E-state index in [2.05, 4.69) is 16.4 Å². The van der Waals surface area contributed by atoms with Gasteiger partial charge in [0.1, 0.15) is 0 Å². The highest BCUT2D eigenvalue weighted by Crippen LogP contribution is 1.97. The Bertz CT molecular complexity index is 87.0. The smallest absolute Gasteiger partial charge is 0.0130 e. The molecule has 5 heteroatoms. The largest absolute Gasteiger partial charge is 0.242 e. The van der Waals surface area contributed by atoms with Crippen molar-refractivity contribution in [2.75, 3.05) is 13.1 Å². The van der Waals surface area contributed by atoms with E-state index in [4.69, 9.17) is 5.84 Å². The molecule has 0 unspecified atom stereocenters. The third kappa shape index (κ3) is 4.28. The lowest BCUT2D eigenvalue weighted by atomic mass is 10.2. The van der Waals surface area contributed by atoms with E-state index in [0.29, 0.717) is 0 Å². The topological polar surface area (TPSA) is 65.3 Å². The number of hydrogen-bond acceptors (Lipinski definition) is 5. The van der Waals surface area contributed by atoms with Crippen LogP contribution in [-0.2, 0) is 0 Å². The van der Waals surface area contributed by atoms with Gasteiger partial charge in [0.05, 0.1) is 0 Å². The molecule has 1 saturated heterocycles. The van der Waals surface area contributed by atoms with Gasteiger partial charge in [0, 0.05) is 13.1 Å². The second kappa shape index (κ2) is 5.45. The zero-order chi connectivity index (χ0) is 7.94. The average molecular weight is 159 g/mol. The van der Waals surface area contributed by atoms with Gasteiger partial charge in [0.15, 0.2) is 0 Å². The van der Waals surface area contributed by atoms with E-state index < -0.39 is 0 Å². The van der Waals surface area contributed by atoms with Crippen molar-refractivity contribution >= 4 is 0 Å². The lowest BCUT2D eigenvalue weighted by Crippen LogP contribution is -2.58. The number of nitrogens with zero attached hydrogens (tertiary/aromatic N) is 1. The van der Waals surface area contributed by atoms with E-state index in [1.165, 1.54) is 30.9 Å². The number of hydrazine groups is 4. The van der Waals surface area contributed by atoms with Gasteiger partial charge in [0.25, 0.3) is 0 Å². The highest BCUT2D eigenvalue weighted by Gasteiger charge is 1.98. The van der Waals surface area contributed by atoms with Crippen LogP contribution in [0, 0.1) is 0 Å². The standard InChI is InChI=1S/C6H17N5/c7-11-9-6-4-2-1-3-5-8-10-11/h8-10H,1-7H2. The molecule has 1 aliphatic rings. The van der Waals surface area contributed by atoms with Gasteiger partial charge in [-0.1, -0.05) is 12.8 Å². The second-order valence-electron chi connectivity index (χ2n) is 2.73. The molecule has 0 aromatic rings. The molecule has 1 heterocycles. The Morgan fingerprint density at radius 1 is 1.00 bits per heavy atom. The summed E-state index contributed by atoms with van der Waals surface area (Å²) in [6.07, 6.45) is 4.97. The maximum atomic E-state index is 5.47. The van der Waals surface area contributed by atoms with Gasteiger partial charge < -0.3 is 0 Å². The van der Waals surface area contributed by atoms with Gasteiger partial charge in [-0.05, 0) is 12.8 Å². The van der Waals surface area contributed by atoms with E-state index >= 15 is 0 Å². The van der Waals surface area contributed by atoms with Crippen molar-refractivity contribution in [2.24, 2.45) is 5.84 Å². The molecular formula is C6H17N5. The summed E-state index contributed by atoms with van der Waals surface area (Å²) in [5.74, 6) is 5.47.